The summed E-state index contributed by atoms with van der Waals surface area (Å²) in [5, 5.41) is 5.34. The maximum Gasteiger partial charge on any atom is 0.417 e. The average Bonchev–Trinajstić information content (AvgIpc) is 2.95. The number of piperazine rings is 1. The zero-order valence-electron chi connectivity index (χ0n) is 21.5. The van der Waals surface area contributed by atoms with Crippen LogP contribution in [-0.4, -0.2) is 66.6 Å². The quantitative estimate of drug-likeness (QED) is 0.330. The van der Waals surface area contributed by atoms with Crippen molar-refractivity contribution < 1.29 is 32.3 Å². The summed E-state index contributed by atoms with van der Waals surface area (Å²) in [5.41, 5.74) is -0.0151. The Morgan fingerprint density at radius 3 is 2.38 bits per heavy atom. The maximum atomic E-state index is 13.3. The van der Waals surface area contributed by atoms with E-state index in [9.17, 15) is 27.6 Å². The Kier molecular flexibility index (Phi) is 10.7. The van der Waals surface area contributed by atoms with Gasteiger partial charge in [-0.15, -0.1) is 0 Å². The van der Waals surface area contributed by atoms with Crippen molar-refractivity contribution in [2.24, 2.45) is 0 Å². The standard InChI is InChI=1S/C27H32F3N5O4/c1-2-24(36)31-13-7-6-10-22(33-26(38)39-19-20-8-4-3-5-9-20)25(37)35-16-14-34(15-17-35)23-12-11-21(18-32-23)27(28,29)30/h2-5,8-9,11-12,18,22H,1,6-7,10,13-17,19H2,(H,31,36)(H,33,38)/t22-/m0/s1. The molecule has 2 aromatic rings. The van der Waals surface area contributed by atoms with Crippen LogP contribution in [0.1, 0.15) is 30.4 Å². The largest absolute Gasteiger partial charge is 0.445 e. The molecular weight excluding hydrogens is 515 g/mol. The smallest absolute Gasteiger partial charge is 0.417 e. The molecule has 1 aliphatic rings. The third-order valence-electron chi connectivity index (χ3n) is 6.20. The van der Waals surface area contributed by atoms with Gasteiger partial charge in [-0.3, -0.25) is 9.59 Å². The van der Waals surface area contributed by atoms with Crippen LogP contribution in [0, 0.1) is 0 Å². The van der Waals surface area contributed by atoms with E-state index in [2.05, 4.69) is 22.2 Å². The van der Waals surface area contributed by atoms with Crippen LogP contribution < -0.4 is 15.5 Å². The van der Waals surface area contributed by atoms with Crippen LogP contribution in [0.2, 0.25) is 0 Å². The second kappa shape index (κ2) is 14.2. The maximum absolute atomic E-state index is 13.3. The Balaban J connectivity index is 1.55. The molecule has 1 aromatic carbocycles. The van der Waals surface area contributed by atoms with Crippen LogP contribution in [0.15, 0.2) is 61.3 Å². The minimum absolute atomic E-state index is 0.0555. The number of rotatable bonds is 11. The van der Waals surface area contributed by atoms with Gasteiger partial charge in [0.2, 0.25) is 11.8 Å². The van der Waals surface area contributed by atoms with E-state index in [-0.39, 0.29) is 18.4 Å². The predicted molar refractivity (Wildman–Crippen MR) is 139 cm³/mol. The number of aromatic nitrogens is 1. The van der Waals surface area contributed by atoms with Gasteiger partial charge < -0.3 is 25.2 Å². The van der Waals surface area contributed by atoms with E-state index in [1.54, 1.807) is 4.90 Å². The Labute approximate surface area is 225 Å². The summed E-state index contributed by atoms with van der Waals surface area (Å²) in [6.07, 6.45) is -1.71. The lowest BCUT2D eigenvalue weighted by molar-refractivity contribution is -0.138. The molecule has 0 saturated carbocycles. The monoisotopic (exact) mass is 547 g/mol. The normalized spacial score (nSPS) is 14.3. The first-order valence-corrected chi connectivity index (χ1v) is 12.6. The van der Waals surface area contributed by atoms with Crippen molar-refractivity contribution in [2.45, 2.75) is 38.1 Å². The molecule has 1 saturated heterocycles. The highest BCUT2D eigenvalue weighted by Gasteiger charge is 2.32. The predicted octanol–water partition coefficient (Wildman–Crippen LogP) is 3.52. The van der Waals surface area contributed by atoms with Gasteiger partial charge in [0.25, 0.3) is 0 Å². The average molecular weight is 548 g/mol. The number of halogens is 3. The molecule has 2 N–H and O–H groups in total. The highest BCUT2D eigenvalue weighted by atomic mass is 19.4. The first-order chi connectivity index (χ1) is 18.7. The molecule has 0 radical (unpaired) electrons. The Morgan fingerprint density at radius 2 is 1.77 bits per heavy atom. The number of benzene rings is 1. The summed E-state index contributed by atoms with van der Waals surface area (Å²) in [6.45, 7) is 5.24. The van der Waals surface area contributed by atoms with Crippen molar-refractivity contribution >= 4 is 23.7 Å². The Bertz CT molecular complexity index is 1100. The summed E-state index contributed by atoms with van der Waals surface area (Å²) in [5.74, 6) is -0.164. The van der Waals surface area contributed by atoms with Gasteiger partial charge in [-0.05, 0) is 43.0 Å². The van der Waals surface area contributed by atoms with Gasteiger partial charge in [-0.2, -0.15) is 13.2 Å². The van der Waals surface area contributed by atoms with Crippen molar-refractivity contribution in [2.75, 3.05) is 37.6 Å². The second-order valence-electron chi connectivity index (χ2n) is 8.96. The molecule has 0 unspecified atom stereocenters. The number of carbonyl (C=O) groups excluding carboxylic acids is 3. The van der Waals surface area contributed by atoms with Gasteiger partial charge in [0.05, 0.1) is 5.56 Å². The number of pyridine rings is 1. The Morgan fingerprint density at radius 1 is 1.05 bits per heavy atom. The number of hydrogen-bond donors (Lipinski definition) is 2. The second-order valence-corrected chi connectivity index (χ2v) is 8.96. The van der Waals surface area contributed by atoms with E-state index >= 15 is 0 Å². The molecule has 0 spiro atoms. The number of nitrogens with one attached hydrogen (secondary N) is 2. The molecule has 1 atom stereocenters. The summed E-state index contributed by atoms with van der Waals surface area (Å²) < 4.78 is 43.8. The fourth-order valence-electron chi connectivity index (χ4n) is 4.04. The number of hydrogen-bond acceptors (Lipinski definition) is 6. The molecule has 1 fully saturated rings. The van der Waals surface area contributed by atoms with Crippen LogP contribution >= 0.6 is 0 Å². The molecule has 1 aliphatic heterocycles. The van der Waals surface area contributed by atoms with Crippen molar-refractivity contribution in [1.82, 2.24) is 20.5 Å². The van der Waals surface area contributed by atoms with Crippen LogP contribution in [0.25, 0.3) is 0 Å². The highest BCUT2D eigenvalue weighted by molar-refractivity contribution is 5.87. The van der Waals surface area contributed by atoms with Crippen molar-refractivity contribution in [3.63, 3.8) is 0 Å². The number of ether oxygens (including phenoxy) is 1. The lowest BCUT2D eigenvalue weighted by Gasteiger charge is -2.37. The fourth-order valence-corrected chi connectivity index (χ4v) is 4.04. The first-order valence-electron chi connectivity index (χ1n) is 12.6. The lowest BCUT2D eigenvalue weighted by atomic mass is 10.1. The topological polar surface area (TPSA) is 104 Å². The summed E-state index contributed by atoms with van der Waals surface area (Å²) >= 11 is 0. The number of amides is 3. The number of nitrogens with zero attached hydrogens (tertiary/aromatic N) is 3. The molecule has 1 aromatic heterocycles. The van der Waals surface area contributed by atoms with Gasteiger partial charge in [0.1, 0.15) is 18.5 Å². The third-order valence-corrected chi connectivity index (χ3v) is 6.20. The minimum atomic E-state index is -4.46. The molecule has 39 heavy (non-hydrogen) atoms. The van der Waals surface area contributed by atoms with Gasteiger partial charge in [-0.25, -0.2) is 9.78 Å². The van der Waals surface area contributed by atoms with E-state index in [4.69, 9.17) is 4.74 Å². The van der Waals surface area contributed by atoms with Crippen molar-refractivity contribution in [3.8, 4) is 0 Å². The van der Waals surface area contributed by atoms with Crippen molar-refractivity contribution in [1.29, 1.82) is 0 Å². The number of anilines is 1. The van der Waals surface area contributed by atoms with Gasteiger partial charge in [0, 0.05) is 38.9 Å². The number of alkyl halides is 3. The summed E-state index contributed by atoms with van der Waals surface area (Å²) in [7, 11) is 0. The molecular formula is C27H32F3N5O4. The van der Waals surface area contributed by atoms with E-state index in [0.29, 0.717) is 57.8 Å². The van der Waals surface area contributed by atoms with Crippen LogP contribution in [-0.2, 0) is 27.1 Å². The zero-order valence-corrected chi connectivity index (χ0v) is 21.5. The van der Waals surface area contributed by atoms with Crippen LogP contribution in [0.5, 0.6) is 0 Å². The molecule has 9 nitrogen and oxygen atoms in total. The fraction of sp³-hybridized carbons (Fsp3) is 0.407. The number of alkyl carbamates (subject to hydrolysis) is 1. The lowest BCUT2D eigenvalue weighted by Crippen LogP contribution is -2.55. The summed E-state index contributed by atoms with van der Waals surface area (Å²) in [4.78, 5) is 44.5. The van der Waals surface area contributed by atoms with E-state index < -0.39 is 23.9 Å². The van der Waals surface area contributed by atoms with Gasteiger partial charge in [0.15, 0.2) is 0 Å². The molecule has 3 amide bonds. The van der Waals surface area contributed by atoms with E-state index in [0.717, 1.165) is 17.8 Å². The van der Waals surface area contributed by atoms with Crippen molar-refractivity contribution in [3.05, 3.63) is 72.4 Å². The zero-order chi connectivity index (χ0) is 28.3. The SMILES string of the molecule is C=CC(=O)NCCCC[C@H](NC(=O)OCc1ccccc1)C(=O)N1CCN(c2ccc(C(F)(F)F)cn2)CC1. The minimum Gasteiger partial charge on any atom is -0.445 e. The first kappa shape index (κ1) is 29.5. The van der Waals surface area contributed by atoms with E-state index in [1.807, 2.05) is 35.2 Å². The van der Waals surface area contributed by atoms with Gasteiger partial charge >= 0.3 is 12.3 Å². The number of carbonyl (C=O) groups is 3. The van der Waals surface area contributed by atoms with E-state index in [1.165, 1.54) is 12.1 Å². The third kappa shape index (κ3) is 9.31. The highest BCUT2D eigenvalue weighted by Crippen LogP contribution is 2.29. The molecule has 12 heteroatoms. The summed E-state index contributed by atoms with van der Waals surface area (Å²) in [6, 6.07) is 10.6. The molecule has 0 aliphatic carbocycles. The number of unbranched alkanes of at least 4 members (excludes halogenated alkanes) is 1. The molecule has 3 rings (SSSR count). The van der Waals surface area contributed by atoms with Gasteiger partial charge in [-0.1, -0.05) is 36.9 Å². The molecule has 0 bridgehead atoms. The Hall–Kier alpha value is -4.09. The molecule has 2 heterocycles. The van der Waals surface area contributed by atoms with Crippen LogP contribution in [0.4, 0.5) is 23.8 Å². The molecule has 210 valence electrons. The van der Waals surface area contributed by atoms with Crippen LogP contribution in [0.3, 0.4) is 0 Å².